The SMILES string of the molecule is Cc1nc(SC(F)F)[nH]c(=O)c1CCC(=O)Nc1ccc(SCc2cccnc2)cc1. The van der Waals surface area contributed by atoms with Gasteiger partial charge >= 0.3 is 0 Å². The highest BCUT2D eigenvalue weighted by Gasteiger charge is 2.14. The number of alkyl halides is 2. The summed E-state index contributed by atoms with van der Waals surface area (Å²) in [6, 6.07) is 11.4. The van der Waals surface area contributed by atoms with Crippen LogP contribution in [0.1, 0.15) is 23.2 Å². The Bertz CT molecular complexity index is 1080. The molecule has 0 spiro atoms. The molecule has 2 aromatic heterocycles. The maximum Gasteiger partial charge on any atom is 0.291 e. The Morgan fingerprint density at radius 1 is 1.23 bits per heavy atom. The van der Waals surface area contributed by atoms with E-state index in [2.05, 4.69) is 20.3 Å². The Balaban J connectivity index is 1.51. The first-order chi connectivity index (χ1) is 14.9. The molecule has 0 aliphatic carbocycles. The predicted octanol–water partition coefficient (Wildman–Crippen LogP) is 4.65. The first-order valence-electron chi connectivity index (χ1n) is 9.37. The number of hydrogen-bond donors (Lipinski definition) is 2. The average molecular weight is 463 g/mol. The third kappa shape index (κ3) is 7.18. The van der Waals surface area contributed by atoms with E-state index in [1.165, 1.54) is 0 Å². The van der Waals surface area contributed by atoms with Crippen molar-refractivity contribution in [3.63, 3.8) is 0 Å². The molecule has 0 saturated carbocycles. The molecule has 2 N–H and O–H groups in total. The minimum Gasteiger partial charge on any atom is -0.326 e. The van der Waals surface area contributed by atoms with Crippen LogP contribution in [0.5, 0.6) is 0 Å². The number of hydrogen-bond acceptors (Lipinski definition) is 6. The lowest BCUT2D eigenvalue weighted by Crippen LogP contribution is -2.20. The number of H-pyrrole nitrogens is 1. The summed E-state index contributed by atoms with van der Waals surface area (Å²) < 4.78 is 24.9. The fourth-order valence-corrected chi connectivity index (χ4v) is 4.11. The fourth-order valence-electron chi connectivity index (χ4n) is 2.77. The van der Waals surface area contributed by atoms with E-state index >= 15 is 0 Å². The number of carbonyl (C=O) groups is 1. The van der Waals surface area contributed by atoms with Gasteiger partial charge in [0.2, 0.25) is 5.91 Å². The number of nitrogens with zero attached hydrogens (tertiary/aromatic N) is 2. The van der Waals surface area contributed by atoms with E-state index in [1.807, 2.05) is 42.6 Å². The predicted molar refractivity (Wildman–Crippen MR) is 119 cm³/mol. The summed E-state index contributed by atoms with van der Waals surface area (Å²) in [5.74, 6) is -2.12. The van der Waals surface area contributed by atoms with E-state index in [-0.39, 0.29) is 35.7 Å². The van der Waals surface area contributed by atoms with Crippen molar-refractivity contribution < 1.29 is 13.6 Å². The Morgan fingerprint density at radius 2 is 2.00 bits per heavy atom. The second-order valence-electron chi connectivity index (χ2n) is 6.54. The first-order valence-corrected chi connectivity index (χ1v) is 11.2. The topological polar surface area (TPSA) is 87.7 Å². The highest BCUT2D eigenvalue weighted by Crippen LogP contribution is 2.24. The monoisotopic (exact) mass is 462 g/mol. The van der Waals surface area contributed by atoms with Crippen LogP contribution in [-0.4, -0.2) is 26.6 Å². The lowest BCUT2D eigenvalue weighted by Gasteiger charge is -2.08. The van der Waals surface area contributed by atoms with Gasteiger partial charge in [-0.25, -0.2) is 4.98 Å². The van der Waals surface area contributed by atoms with E-state index in [9.17, 15) is 18.4 Å². The zero-order valence-corrected chi connectivity index (χ0v) is 18.2. The zero-order valence-electron chi connectivity index (χ0n) is 16.6. The summed E-state index contributed by atoms with van der Waals surface area (Å²) in [5.41, 5.74) is 1.94. The molecule has 0 unspecified atom stereocenters. The number of carbonyl (C=O) groups excluding carboxylic acids is 1. The standard InChI is InChI=1S/C21H20F2N4O2S2/c1-13-17(19(29)27-21(25-13)31-20(22)23)8-9-18(28)26-15-4-6-16(7-5-15)30-12-14-3-2-10-24-11-14/h2-7,10-11,20H,8-9,12H2,1H3,(H,26,28)(H,25,27,29). The Morgan fingerprint density at radius 3 is 2.65 bits per heavy atom. The van der Waals surface area contributed by atoms with Gasteiger partial charge in [0.15, 0.2) is 5.16 Å². The van der Waals surface area contributed by atoms with Crippen molar-refractivity contribution in [3.8, 4) is 0 Å². The Hall–Kier alpha value is -2.72. The van der Waals surface area contributed by atoms with E-state index < -0.39 is 11.3 Å². The average Bonchev–Trinajstić information content (AvgIpc) is 2.73. The van der Waals surface area contributed by atoms with Crippen LogP contribution in [0, 0.1) is 6.92 Å². The number of benzene rings is 1. The first kappa shape index (κ1) is 23.0. The number of rotatable bonds is 9. The van der Waals surface area contributed by atoms with Gasteiger partial charge in [-0.05, 0) is 61.0 Å². The second-order valence-corrected chi connectivity index (χ2v) is 8.56. The van der Waals surface area contributed by atoms with E-state index in [1.54, 1.807) is 24.9 Å². The number of aryl methyl sites for hydroxylation is 1. The summed E-state index contributed by atoms with van der Waals surface area (Å²) >= 11 is 1.85. The number of nitrogens with one attached hydrogen (secondary N) is 2. The molecule has 1 amide bonds. The molecule has 1 aromatic carbocycles. The van der Waals surface area contributed by atoms with Gasteiger partial charge in [0, 0.05) is 46.4 Å². The Labute approximate surface area is 186 Å². The molecule has 0 saturated heterocycles. The highest BCUT2D eigenvalue weighted by atomic mass is 32.2. The third-order valence-corrected chi connectivity index (χ3v) is 5.95. The smallest absolute Gasteiger partial charge is 0.291 e. The summed E-state index contributed by atoms with van der Waals surface area (Å²) in [6.07, 6.45) is 3.80. The molecule has 3 rings (SSSR count). The normalized spacial score (nSPS) is 11.0. The van der Waals surface area contributed by atoms with Crippen molar-refractivity contribution in [3.05, 3.63) is 76.0 Å². The molecular formula is C21H20F2N4O2S2. The number of thioether (sulfide) groups is 2. The molecule has 0 radical (unpaired) electrons. The molecule has 0 aliphatic rings. The number of halogens is 2. The number of amides is 1. The summed E-state index contributed by atoms with van der Waals surface area (Å²) in [6.45, 7) is 1.57. The molecule has 0 bridgehead atoms. The van der Waals surface area contributed by atoms with Crippen molar-refractivity contribution in [1.82, 2.24) is 15.0 Å². The van der Waals surface area contributed by atoms with Gasteiger partial charge in [-0.2, -0.15) is 8.78 Å². The lowest BCUT2D eigenvalue weighted by molar-refractivity contribution is -0.116. The highest BCUT2D eigenvalue weighted by molar-refractivity contribution is 7.99. The van der Waals surface area contributed by atoms with E-state index in [0.717, 1.165) is 16.2 Å². The third-order valence-electron chi connectivity index (χ3n) is 4.27. The van der Waals surface area contributed by atoms with Crippen molar-refractivity contribution in [2.45, 2.75) is 41.3 Å². The van der Waals surface area contributed by atoms with Gasteiger partial charge in [0.1, 0.15) is 0 Å². The van der Waals surface area contributed by atoms with Crippen molar-refractivity contribution >= 4 is 35.1 Å². The van der Waals surface area contributed by atoms with Gasteiger partial charge in [0.25, 0.3) is 11.3 Å². The molecule has 31 heavy (non-hydrogen) atoms. The van der Waals surface area contributed by atoms with Crippen molar-refractivity contribution in [2.75, 3.05) is 5.32 Å². The van der Waals surface area contributed by atoms with Crippen molar-refractivity contribution in [2.24, 2.45) is 0 Å². The maximum atomic E-state index is 12.4. The molecule has 2 heterocycles. The summed E-state index contributed by atoms with van der Waals surface area (Å²) in [7, 11) is 0. The van der Waals surface area contributed by atoms with Crippen LogP contribution in [-0.2, 0) is 17.0 Å². The maximum absolute atomic E-state index is 12.4. The molecular weight excluding hydrogens is 442 g/mol. The molecule has 6 nitrogen and oxygen atoms in total. The summed E-state index contributed by atoms with van der Waals surface area (Å²) in [4.78, 5) is 35.8. The molecule has 0 fully saturated rings. The fraction of sp³-hybridized carbons (Fsp3) is 0.238. The quantitative estimate of drug-likeness (QED) is 0.356. The van der Waals surface area contributed by atoms with Crippen LogP contribution >= 0.6 is 23.5 Å². The molecule has 0 atom stereocenters. The van der Waals surface area contributed by atoms with Crippen molar-refractivity contribution in [1.29, 1.82) is 0 Å². The molecule has 3 aromatic rings. The molecule has 162 valence electrons. The minimum absolute atomic E-state index is 0.0739. The van der Waals surface area contributed by atoms with Crippen LogP contribution in [0.3, 0.4) is 0 Å². The van der Waals surface area contributed by atoms with Crippen LogP contribution in [0.2, 0.25) is 0 Å². The van der Waals surface area contributed by atoms with Crippen LogP contribution in [0.15, 0.2) is 63.6 Å². The van der Waals surface area contributed by atoms with E-state index in [0.29, 0.717) is 16.9 Å². The second kappa shape index (κ2) is 11.1. The van der Waals surface area contributed by atoms with Crippen LogP contribution in [0.4, 0.5) is 14.5 Å². The van der Waals surface area contributed by atoms with Gasteiger partial charge in [-0.3, -0.25) is 14.6 Å². The van der Waals surface area contributed by atoms with Gasteiger partial charge in [-0.15, -0.1) is 11.8 Å². The van der Waals surface area contributed by atoms with Gasteiger partial charge in [-0.1, -0.05) is 6.07 Å². The lowest BCUT2D eigenvalue weighted by atomic mass is 10.1. The molecule has 10 heteroatoms. The van der Waals surface area contributed by atoms with Gasteiger partial charge < -0.3 is 10.3 Å². The summed E-state index contributed by atoms with van der Waals surface area (Å²) in [5, 5.41) is 2.66. The Kier molecular flexibility index (Phi) is 8.19. The van der Waals surface area contributed by atoms with E-state index in [4.69, 9.17) is 0 Å². The van der Waals surface area contributed by atoms with Crippen LogP contribution in [0.25, 0.3) is 0 Å². The molecule has 0 aliphatic heterocycles. The van der Waals surface area contributed by atoms with Crippen LogP contribution < -0.4 is 10.9 Å². The number of aromatic amines is 1. The minimum atomic E-state index is -2.67. The zero-order chi connectivity index (χ0) is 22.2. The largest absolute Gasteiger partial charge is 0.326 e. The number of aromatic nitrogens is 3. The number of pyridine rings is 1. The van der Waals surface area contributed by atoms with Gasteiger partial charge in [0.05, 0.1) is 0 Å². The number of anilines is 1.